The smallest absolute Gasteiger partial charge is 0.373 e. The molecule has 1 N–H and O–H groups in total. The molecule has 4 fully saturated rings. The third kappa shape index (κ3) is 3.01. The molecular weight excluding hydrogens is 344 g/mol. The molecule has 6 rings (SSSR count). The van der Waals surface area contributed by atoms with Gasteiger partial charge >= 0.3 is 11.6 Å². The van der Waals surface area contributed by atoms with Crippen LogP contribution in [0.1, 0.15) is 38.5 Å². The molecule has 0 unspecified atom stereocenters. The first-order valence-corrected chi connectivity index (χ1v) is 9.61. The minimum atomic E-state index is -0.443. The number of aromatic nitrogens is 2. The van der Waals surface area contributed by atoms with Crippen LogP contribution in [0.2, 0.25) is 0 Å². The lowest BCUT2D eigenvalue weighted by molar-refractivity contribution is -0.385. The summed E-state index contributed by atoms with van der Waals surface area (Å²) >= 11 is 0. The van der Waals surface area contributed by atoms with Crippen LogP contribution in [0, 0.1) is 27.9 Å². The van der Waals surface area contributed by atoms with Crippen LogP contribution in [0.3, 0.4) is 0 Å². The highest BCUT2D eigenvalue weighted by Gasteiger charge is 2.51. The largest absolute Gasteiger partial charge is 0.434 e. The van der Waals surface area contributed by atoms with Gasteiger partial charge in [-0.1, -0.05) is 18.2 Å². The van der Waals surface area contributed by atoms with Crippen LogP contribution in [0.4, 0.5) is 11.5 Å². The SMILES string of the molecule is O=[N+]([O-])c1c(NC23CC4CC(CC(C4)C2)C3)ncnc1Oc1ccccc1. The fourth-order valence-corrected chi connectivity index (χ4v) is 5.81. The minimum Gasteiger partial charge on any atom is -0.434 e. The maximum absolute atomic E-state index is 11.8. The highest BCUT2D eigenvalue weighted by molar-refractivity contribution is 5.63. The molecule has 1 heterocycles. The second kappa shape index (κ2) is 6.18. The van der Waals surface area contributed by atoms with Gasteiger partial charge in [-0.3, -0.25) is 10.1 Å². The van der Waals surface area contributed by atoms with Crippen LogP contribution in [-0.2, 0) is 0 Å². The molecule has 4 aliphatic carbocycles. The van der Waals surface area contributed by atoms with E-state index in [1.165, 1.54) is 25.6 Å². The Morgan fingerprint density at radius 1 is 1.04 bits per heavy atom. The van der Waals surface area contributed by atoms with Crippen molar-refractivity contribution in [3.8, 4) is 11.6 Å². The topological polar surface area (TPSA) is 90.2 Å². The van der Waals surface area contributed by atoms with Crippen molar-refractivity contribution in [2.75, 3.05) is 5.32 Å². The first kappa shape index (κ1) is 16.5. The Balaban J connectivity index is 1.47. The summed E-state index contributed by atoms with van der Waals surface area (Å²) in [6, 6.07) is 8.99. The second-order valence-corrected chi connectivity index (χ2v) is 8.37. The van der Waals surface area contributed by atoms with Gasteiger partial charge in [-0.2, -0.15) is 4.98 Å². The summed E-state index contributed by atoms with van der Waals surface area (Å²) in [5, 5.41) is 15.3. The van der Waals surface area contributed by atoms with Crippen molar-refractivity contribution >= 4 is 11.5 Å². The summed E-state index contributed by atoms with van der Waals surface area (Å²) in [5.41, 5.74) is -0.255. The van der Waals surface area contributed by atoms with Crippen molar-refractivity contribution < 1.29 is 9.66 Å². The number of nitrogens with zero attached hydrogens (tertiary/aromatic N) is 3. The second-order valence-electron chi connectivity index (χ2n) is 8.37. The van der Waals surface area contributed by atoms with E-state index in [-0.39, 0.29) is 22.9 Å². The number of benzene rings is 1. The first-order valence-electron chi connectivity index (χ1n) is 9.61. The molecule has 27 heavy (non-hydrogen) atoms. The molecule has 0 aliphatic heterocycles. The summed E-state index contributed by atoms with van der Waals surface area (Å²) in [5.74, 6) is 3.00. The molecule has 2 aromatic rings. The Kier molecular flexibility index (Phi) is 3.77. The Labute approximate surface area is 157 Å². The van der Waals surface area contributed by atoms with E-state index in [4.69, 9.17) is 4.74 Å². The molecule has 0 spiro atoms. The predicted octanol–water partition coefficient (Wildman–Crippen LogP) is 4.56. The normalized spacial score (nSPS) is 30.9. The molecular formula is C20H22N4O3. The van der Waals surface area contributed by atoms with Crippen molar-refractivity contribution in [2.24, 2.45) is 17.8 Å². The molecule has 1 aromatic heterocycles. The quantitative estimate of drug-likeness (QED) is 0.616. The summed E-state index contributed by atoms with van der Waals surface area (Å²) < 4.78 is 5.70. The maximum Gasteiger partial charge on any atom is 0.373 e. The highest BCUT2D eigenvalue weighted by atomic mass is 16.6. The molecule has 0 amide bonds. The van der Waals surface area contributed by atoms with Gasteiger partial charge in [-0.25, -0.2) is 4.98 Å². The molecule has 0 atom stereocenters. The van der Waals surface area contributed by atoms with Crippen LogP contribution in [0.25, 0.3) is 0 Å². The van der Waals surface area contributed by atoms with Gasteiger partial charge in [0.1, 0.15) is 12.1 Å². The Bertz CT molecular complexity index is 836. The van der Waals surface area contributed by atoms with Gasteiger partial charge in [-0.05, 0) is 68.4 Å². The lowest BCUT2D eigenvalue weighted by Crippen LogP contribution is -2.55. The van der Waals surface area contributed by atoms with Crippen LogP contribution >= 0.6 is 0 Å². The standard InChI is InChI=1S/C20H22N4O3/c25-24(26)17-18(21-12-22-19(17)27-16-4-2-1-3-5-16)23-20-9-13-6-14(10-20)8-15(7-13)11-20/h1-5,12-15H,6-11H2,(H,21,22,23). The lowest BCUT2D eigenvalue weighted by Gasteiger charge is -2.57. The first-order chi connectivity index (χ1) is 13.1. The van der Waals surface area contributed by atoms with Crippen LogP contribution in [0.5, 0.6) is 11.6 Å². The van der Waals surface area contributed by atoms with Gasteiger partial charge in [0.15, 0.2) is 0 Å². The predicted molar refractivity (Wildman–Crippen MR) is 99.7 cm³/mol. The van der Waals surface area contributed by atoms with Gasteiger partial charge in [0.2, 0.25) is 5.82 Å². The monoisotopic (exact) mass is 366 g/mol. The van der Waals surface area contributed by atoms with E-state index < -0.39 is 4.92 Å². The minimum absolute atomic E-state index is 0.0200. The van der Waals surface area contributed by atoms with Gasteiger partial charge in [0.05, 0.1) is 4.92 Å². The molecule has 7 nitrogen and oxygen atoms in total. The van der Waals surface area contributed by atoms with Gasteiger partial charge in [0.25, 0.3) is 0 Å². The van der Waals surface area contributed by atoms with Crippen molar-refractivity contribution in [3.63, 3.8) is 0 Å². The molecule has 4 saturated carbocycles. The van der Waals surface area contributed by atoms with Crippen molar-refractivity contribution in [1.29, 1.82) is 0 Å². The number of hydrogen-bond donors (Lipinski definition) is 1. The van der Waals surface area contributed by atoms with E-state index in [0.717, 1.165) is 37.0 Å². The number of ether oxygens (including phenoxy) is 1. The third-order valence-corrected chi connectivity index (χ3v) is 6.35. The number of hydrogen-bond acceptors (Lipinski definition) is 6. The Morgan fingerprint density at radius 2 is 1.67 bits per heavy atom. The molecule has 4 bridgehead atoms. The number of para-hydroxylation sites is 1. The zero-order valence-electron chi connectivity index (χ0n) is 15.0. The maximum atomic E-state index is 11.8. The number of nitrogens with one attached hydrogen (secondary N) is 1. The van der Waals surface area contributed by atoms with E-state index in [1.54, 1.807) is 12.1 Å². The molecule has 140 valence electrons. The summed E-state index contributed by atoms with van der Waals surface area (Å²) in [7, 11) is 0. The Morgan fingerprint density at radius 3 is 2.26 bits per heavy atom. The fourth-order valence-electron chi connectivity index (χ4n) is 5.81. The van der Waals surface area contributed by atoms with Crippen LogP contribution in [-0.4, -0.2) is 20.4 Å². The summed E-state index contributed by atoms with van der Waals surface area (Å²) in [6.45, 7) is 0. The molecule has 7 heteroatoms. The average molecular weight is 366 g/mol. The van der Waals surface area contributed by atoms with Crippen molar-refractivity contribution in [2.45, 2.75) is 44.1 Å². The fraction of sp³-hybridized carbons (Fsp3) is 0.500. The highest BCUT2D eigenvalue weighted by Crippen LogP contribution is 2.57. The van der Waals surface area contributed by atoms with Gasteiger partial charge in [-0.15, -0.1) is 0 Å². The van der Waals surface area contributed by atoms with Crippen molar-refractivity contribution in [3.05, 3.63) is 46.8 Å². The number of nitro groups is 1. The third-order valence-electron chi connectivity index (χ3n) is 6.35. The van der Waals surface area contributed by atoms with E-state index in [2.05, 4.69) is 15.3 Å². The zero-order valence-corrected chi connectivity index (χ0v) is 15.0. The van der Waals surface area contributed by atoms with Gasteiger partial charge in [0, 0.05) is 5.54 Å². The average Bonchev–Trinajstić information content (AvgIpc) is 2.61. The van der Waals surface area contributed by atoms with Crippen molar-refractivity contribution in [1.82, 2.24) is 9.97 Å². The molecule has 1 aromatic carbocycles. The van der Waals surface area contributed by atoms with Gasteiger partial charge < -0.3 is 10.1 Å². The van der Waals surface area contributed by atoms with E-state index in [0.29, 0.717) is 5.75 Å². The number of anilines is 1. The van der Waals surface area contributed by atoms with E-state index >= 15 is 0 Å². The van der Waals surface area contributed by atoms with E-state index in [9.17, 15) is 10.1 Å². The number of rotatable bonds is 5. The Hall–Kier alpha value is -2.70. The summed E-state index contributed by atoms with van der Waals surface area (Å²) in [6.07, 6.45) is 8.52. The van der Waals surface area contributed by atoms with E-state index in [1.807, 2.05) is 18.2 Å². The lowest BCUT2D eigenvalue weighted by atomic mass is 9.53. The summed E-state index contributed by atoms with van der Waals surface area (Å²) in [4.78, 5) is 19.7. The van der Waals surface area contributed by atoms with Crippen LogP contribution in [0.15, 0.2) is 36.7 Å². The van der Waals surface area contributed by atoms with Crippen LogP contribution < -0.4 is 10.1 Å². The zero-order chi connectivity index (χ0) is 18.4. The molecule has 4 aliphatic rings. The molecule has 0 radical (unpaired) electrons. The molecule has 0 saturated heterocycles.